The minimum Gasteiger partial charge on any atom is -0.355 e. The largest absolute Gasteiger partial charge is 0.355 e. The molecule has 2 N–H and O–H groups in total. The van der Waals surface area contributed by atoms with Crippen LogP contribution in [0.3, 0.4) is 0 Å². The predicted molar refractivity (Wildman–Crippen MR) is 71.1 cm³/mol. The first-order valence-corrected chi connectivity index (χ1v) is 6.78. The molecule has 104 valence electrons. The lowest BCUT2D eigenvalue weighted by molar-refractivity contribution is -0.145. The van der Waals surface area contributed by atoms with Crippen molar-refractivity contribution in [1.29, 1.82) is 0 Å². The first-order valence-electron chi connectivity index (χ1n) is 6.78. The van der Waals surface area contributed by atoms with Gasteiger partial charge in [0.2, 0.25) is 11.8 Å². The molecule has 1 aliphatic heterocycles. The molecule has 0 bridgehead atoms. The van der Waals surface area contributed by atoms with Crippen molar-refractivity contribution in [2.75, 3.05) is 26.2 Å². The van der Waals surface area contributed by atoms with E-state index in [1.807, 2.05) is 27.7 Å². The number of hydrogen-bond acceptors (Lipinski definition) is 3. The molecule has 2 atom stereocenters. The molecule has 0 aromatic carbocycles. The van der Waals surface area contributed by atoms with E-state index in [1.165, 1.54) is 0 Å². The molecule has 1 aliphatic rings. The number of piperazine rings is 1. The summed E-state index contributed by atoms with van der Waals surface area (Å²) in [7, 11) is 0. The van der Waals surface area contributed by atoms with Gasteiger partial charge in [-0.25, -0.2) is 0 Å². The topological polar surface area (TPSA) is 61.4 Å². The smallest absolute Gasteiger partial charge is 0.244 e. The molecule has 2 unspecified atom stereocenters. The van der Waals surface area contributed by atoms with Crippen molar-refractivity contribution in [2.45, 2.75) is 33.7 Å². The fourth-order valence-electron chi connectivity index (χ4n) is 2.04. The van der Waals surface area contributed by atoms with E-state index in [9.17, 15) is 9.59 Å². The summed E-state index contributed by atoms with van der Waals surface area (Å²) in [5.74, 6) is 0.277. The van der Waals surface area contributed by atoms with E-state index in [0.717, 1.165) is 6.54 Å². The van der Waals surface area contributed by atoms with Gasteiger partial charge in [-0.2, -0.15) is 0 Å². The van der Waals surface area contributed by atoms with E-state index in [-0.39, 0.29) is 23.8 Å². The molecule has 1 rings (SSSR count). The average Bonchev–Trinajstić information content (AvgIpc) is 2.37. The molecule has 0 aliphatic carbocycles. The van der Waals surface area contributed by atoms with Crippen molar-refractivity contribution in [3.05, 3.63) is 0 Å². The van der Waals surface area contributed by atoms with E-state index in [1.54, 1.807) is 4.90 Å². The monoisotopic (exact) mass is 255 g/mol. The van der Waals surface area contributed by atoms with Crippen molar-refractivity contribution in [2.24, 2.45) is 11.8 Å². The quantitative estimate of drug-likeness (QED) is 0.755. The molecule has 0 saturated carbocycles. The Balaban J connectivity index is 2.76. The number of likely N-dealkylation sites (N-methyl/N-ethyl adjacent to an activating group) is 1. The van der Waals surface area contributed by atoms with Crippen molar-refractivity contribution < 1.29 is 9.59 Å². The molecule has 1 heterocycles. The Hall–Kier alpha value is -1.10. The SMILES string of the molecule is CCNC(=O)C1CNCCN1C(=O)C(C)C(C)C. The van der Waals surface area contributed by atoms with E-state index >= 15 is 0 Å². The summed E-state index contributed by atoms with van der Waals surface area (Å²) < 4.78 is 0. The van der Waals surface area contributed by atoms with Crippen LogP contribution in [0.1, 0.15) is 27.7 Å². The summed E-state index contributed by atoms with van der Waals surface area (Å²) >= 11 is 0. The van der Waals surface area contributed by atoms with Crippen LogP contribution in [-0.2, 0) is 9.59 Å². The van der Waals surface area contributed by atoms with E-state index in [0.29, 0.717) is 25.6 Å². The lowest BCUT2D eigenvalue weighted by Gasteiger charge is -2.37. The molecule has 1 saturated heterocycles. The van der Waals surface area contributed by atoms with Crippen molar-refractivity contribution in [1.82, 2.24) is 15.5 Å². The second-order valence-corrected chi connectivity index (χ2v) is 5.18. The molecule has 5 heteroatoms. The standard InChI is InChI=1S/C13H25N3O2/c1-5-15-12(17)11-8-14-6-7-16(11)13(18)10(4)9(2)3/h9-11,14H,5-8H2,1-4H3,(H,15,17). The second kappa shape index (κ2) is 6.73. The van der Waals surface area contributed by atoms with Gasteiger partial charge in [0.15, 0.2) is 0 Å². The molecule has 2 amide bonds. The summed E-state index contributed by atoms with van der Waals surface area (Å²) in [6, 6.07) is -0.368. The molecule has 0 radical (unpaired) electrons. The lowest BCUT2D eigenvalue weighted by atomic mass is 9.95. The molecule has 0 aromatic rings. The van der Waals surface area contributed by atoms with Crippen LogP contribution in [0.4, 0.5) is 0 Å². The van der Waals surface area contributed by atoms with Crippen LogP contribution in [0.25, 0.3) is 0 Å². The first kappa shape index (κ1) is 15.0. The summed E-state index contributed by atoms with van der Waals surface area (Å²) in [6.45, 7) is 10.4. The van der Waals surface area contributed by atoms with Crippen molar-refractivity contribution in [3.63, 3.8) is 0 Å². The van der Waals surface area contributed by atoms with Crippen LogP contribution in [0, 0.1) is 11.8 Å². The number of carbonyl (C=O) groups is 2. The average molecular weight is 255 g/mol. The Kier molecular flexibility index (Phi) is 5.59. The van der Waals surface area contributed by atoms with Crippen LogP contribution < -0.4 is 10.6 Å². The molecule has 0 aromatic heterocycles. The Morgan fingerprint density at radius 3 is 2.61 bits per heavy atom. The summed E-state index contributed by atoms with van der Waals surface area (Å²) in [5.41, 5.74) is 0. The van der Waals surface area contributed by atoms with E-state index in [4.69, 9.17) is 0 Å². The Morgan fingerprint density at radius 1 is 1.39 bits per heavy atom. The van der Waals surface area contributed by atoms with Crippen molar-refractivity contribution >= 4 is 11.8 Å². The van der Waals surface area contributed by atoms with E-state index in [2.05, 4.69) is 10.6 Å². The number of hydrogen-bond donors (Lipinski definition) is 2. The maximum absolute atomic E-state index is 12.4. The third-order valence-electron chi connectivity index (χ3n) is 3.57. The van der Waals surface area contributed by atoms with Gasteiger partial charge >= 0.3 is 0 Å². The fourth-order valence-corrected chi connectivity index (χ4v) is 2.04. The number of nitrogens with one attached hydrogen (secondary N) is 2. The lowest BCUT2D eigenvalue weighted by Crippen LogP contribution is -2.60. The minimum absolute atomic E-state index is 0.0416. The van der Waals surface area contributed by atoms with Gasteiger partial charge in [-0.15, -0.1) is 0 Å². The Labute approximate surface area is 109 Å². The summed E-state index contributed by atoms with van der Waals surface area (Å²) in [5, 5.41) is 5.97. The van der Waals surface area contributed by atoms with Crippen LogP contribution in [-0.4, -0.2) is 48.9 Å². The third kappa shape index (κ3) is 3.45. The van der Waals surface area contributed by atoms with Crippen molar-refractivity contribution in [3.8, 4) is 0 Å². The van der Waals surface area contributed by atoms with Gasteiger partial charge in [-0.05, 0) is 12.8 Å². The highest BCUT2D eigenvalue weighted by molar-refractivity contribution is 5.89. The van der Waals surface area contributed by atoms with Gasteiger partial charge in [0, 0.05) is 32.1 Å². The van der Waals surface area contributed by atoms with Gasteiger partial charge in [0.25, 0.3) is 0 Å². The zero-order chi connectivity index (χ0) is 13.7. The van der Waals surface area contributed by atoms with Crippen LogP contribution in [0.2, 0.25) is 0 Å². The highest BCUT2D eigenvalue weighted by Crippen LogP contribution is 2.16. The van der Waals surface area contributed by atoms with Gasteiger partial charge in [0.05, 0.1) is 0 Å². The highest BCUT2D eigenvalue weighted by atomic mass is 16.2. The molecule has 5 nitrogen and oxygen atoms in total. The zero-order valence-corrected chi connectivity index (χ0v) is 11.8. The molecule has 0 spiro atoms. The number of amides is 2. The number of nitrogens with zero attached hydrogens (tertiary/aromatic N) is 1. The Morgan fingerprint density at radius 2 is 2.06 bits per heavy atom. The van der Waals surface area contributed by atoms with Gasteiger partial charge < -0.3 is 15.5 Å². The first-order chi connectivity index (χ1) is 8.49. The van der Waals surface area contributed by atoms with Gasteiger partial charge in [-0.1, -0.05) is 20.8 Å². The molecule has 1 fully saturated rings. The van der Waals surface area contributed by atoms with Gasteiger partial charge in [-0.3, -0.25) is 9.59 Å². The summed E-state index contributed by atoms with van der Waals surface area (Å²) in [6.07, 6.45) is 0. The second-order valence-electron chi connectivity index (χ2n) is 5.18. The van der Waals surface area contributed by atoms with Gasteiger partial charge in [0.1, 0.15) is 6.04 Å². The molecule has 18 heavy (non-hydrogen) atoms. The fraction of sp³-hybridized carbons (Fsp3) is 0.846. The van der Waals surface area contributed by atoms with E-state index < -0.39 is 0 Å². The van der Waals surface area contributed by atoms with Crippen LogP contribution in [0.5, 0.6) is 0 Å². The number of carbonyl (C=O) groups excluding carboxylic acids is 2. The van der Waals surface area contributed by atoms with Crippen LogP contribution in [0.15, 0.2) is 0 Å². The normalized spacial score (nSPS) is 21.8. The zero-order valence-electron chi connectivity index (χ0n) is 11.8. The maximum Gasteiger partial charge on any atom is 0.244 e. The third-order valence-corrected chi connectivity index (χ3v) is 3.57. The minimum atomic E-state index is -0.368. The Bertz CT molecular complexity index is 305. The maximum atomic E-state index is 12.4. The highest BCUT2D eigenvalue weighted by Gasteiger charge is 2.34. The van der Waals surface area contributed by atoms with Crippen LogP contribution >= 0.6 is 0 Å². The predicted octanol–water partition coefficient (Wildman–Crippen LogP) is 0.215. The molecular formula is C13H25N3O2. The summed E-state index contributed by atoms with van der Waals surface area (Å²) in [4.78, 5) is 26.1. The molecular weight excluding hydrogens is 230 g/mol. The number of rotatable bonds is 4.